The number of sulfonamides is 1. The fourth-order valence-electron chi connectivity index (χ4n) is 2.59. The number of nitrogens with zero attached hydrogens (tertiary/aromatic N) is 2. The van der Waals surface area contributed by atoms with Crippen LogP contribution in [0, 0.1) is 6.92 Å². The number of rotatable bonds is 4. The number of anilines is 1. The van der Waals surface area contributed by atoms with Crippen LogP contribution in [-0.2, 0) is 10.0 Å². The highest BCUT2D eigenvalue weighted by atomic mass is 32.2. The number of aryl methyl sites for hydroxylation is 1. The van der Waals surface area contributed by atoms with Crippen molar-refractivity contribution >= 4 is 21.7 Å². The second kappa shape index (κ2) is 6.70. The number of aromatic nitrogens is 1. The molecular weight excluding hydrogens is 326 g/mol. The van der Waals surface area contributed by atoms with Gasteiger partial charge < -0.3 is 5.32 Å². The van der Waals surface area contributed by atoms with E-state index in [1.54, 1.807) is 12.3 Å². The van der Waals surface area contributed by atoms with Crippen molar-refractivity contribution in [1.82, 2.24) is 9.29 Å². The molecule has 0 unspecified atom stereocenters. The van der Waals surface area contributed by atoms with Gasteiger partial charge in [0.1, 0.15) is 5.82 Å². The predicted molar refractivity (Wildman–Crippen MR) is 91.4 cm³/mol. The summed E-state index contributed by atoms with van der Waals surface area (Å²) in [6.07, 6.45) is 3.45. The van der Waals surface area contributed by atoms with Crippen molar-refractivity contribution in [2.24, 2.45) is 0 Å². The highest BCUT2D eigenvalue weighted by Crippen LogP contribution is 2.21. The Balaban J connectivity index is 1.74. The van der Waals surface area contributed by atoms with Crippen LogP contribution < -0.4 is 5.32 Å². The lowest BCUT2D eigenvalue weighted by molar-refractivity contribution is 0.102. The summed E-state index contributed by atoms with van der Waals surface area (Å²) in [5, 5.41) is 2.69. The topological polar surface area (TPSA) is 79.4 Å². The van der Waals surface area contributed by atoms with Crippen LogP contribution in [0.5, 0.6) is 0 Å². The number of benzene rings is 1. The van der Waals surface area contributed by atoms with Gasteiger partial charge in [-0.25, -0.2) is 13.4 Å². The molecule has 0 radical (unpaired) electrons. The van der Waals surface area contributed by atoms with Gasteiger partial charge in [-0.15, -0.1) is 0 Å². The molecule has 0 bridgehead atoms. The van der Waals surface area contributed by atoms with E-state index in [4.69, 9.17) is 0 Å². The van der Waals surface area contributed by atoms with Crippen LogP contribution in [0.2, 0.25) is 0 Å². The Labute approximate surface area is 141 Å². The van der Waals surface area contributed by atoms with Gasteiger partial charge >= 0.3 is 0 Å². The Morgan fingerprint density at radius 3 is 2.33 bits per heavy atom. The van der Waals surface area contributed by atoms with Gasteiger partial charge in [0.25, 0.3) is 5.91 Å². The summed E-state index contributed by atoms with van der Waals surface area (Å²) in [5.41, 5.74) is 1.39. The summed E-state index contributed by atoms with van der Waals surface area (Å²) in [4.78, 5) is 16.5. The fraction of sp³-hybridized carbons (Fsp3) is 0.294. The molecule has 1 fully saturated rings. The maximum atomic E-state index is 12.5. The average Bonchev–Trinajstić information content (AvgIpc) is 3.12. The zero-order chi connectivity index (χ0) is 17.2. The van der Waals surface area contributed by atoms with Crippen LogP contribution in [0.3, 0.4) is 0 Å². The van der Waals surface area contributed by atoms with Gasteiger partial charge in [0, 0.05) is 24.8 Å². The van der Waals surface area contributed by atoms with E-state index < -0.39 is 10.0 Å². The van der Waals surface area contributed by atoms with E-state index in [1.807, 2.05) is 13.0 Å². The lowest BCUT2D eigenvalue weighted by atomic mass is 10.2. The van der Waals surface area contributed by atoms with E-state index in [2.05, 4.69) is 10.3 Å². The maximum absolute atomic E-state index is 12.5. The quantitative estimate of drug-likeness (QED) is 0.923. The molecule has 0 atom stereocenters. The third-order valence-corrected chi connectivity index (χ3v) is 5.89. The zero-order valence-electron chi connectivity index (χ0n) is 13.4. The van der Waals surface area contributed by atoms with Crippen LogP contribution in [0.4, 0.5) is 5.82 Å². The van der Waals surface area contributed by atoms with Crippen molar-refractivity contribution < 1.29 is 13.2 Å². The summed E-state index contributed by atoms with van der Waals surface area (Å²) in [6.45, 7) is 3.03. The molecule has 1 aromatic carbocycles. The largest absolute Gasteiger partial charge is 0.307 e. The highest BCUT2D eigenvalue weighted by Gasteiger charge is 2.27. The number of hydrogen-bond acceptors (Lipinski definition) is 4. The molecule has 1 saturated heterocycles. The number of carbonyl (C=O) groups excluding carboxylic acids is 1. The molecule has 0 aliphatic carbocycles. The van der Waals surface area contributed by atoms with E-state index in [0.29, 0.717) is 24.5 Å². The Kier molecular flexibility index (Phi) is 4.64. The molecule has 1 aliphatic rings. The minimum Gasteiger partial charge on any atom is -0.307 e. The lowest BCUT2D eigenvalue weighted by Crippen LogP contribution is -2.27. The van der Waals surface area contributed by atoms with Gasteiger partial charge in [0.2, 0.25) is 10.0 Å². The molecule has 1 aromatic heterocycles. The van der Waals surface area contributed by atoms with Crippen molar-refractivity contribution in [1.29, 1.82) is 0 Å². The fourth-order valence-corrected chi connectivity index (χ4v) is 4.10. The van der Waals surface area contributed by atoms with Crippen LogP contribution in [-0.4, -0.2) is 36.7 Å². The Hall–Kier alpha value is -2.25. The molecule has 6 nitrogen and oxygen atoms in total. The Morgan fingerprint density at radius 2 is 1.75 bits per heavy atom. The minimum atomic E-state index is -3.46. The van der Waals surface area contributed by atoms with E-state index in [0.717, 1.165) is 18.4 Å². The van der Waals surface area contributed by atoms with Crippen molar-refractivity contribution in [2.45, 2.75) is 24.7 Å². The Morgan fingerprint density at radius 1 is 1.08 bits per heavy atom. The summed E-state index contributed by atoms with van der Waals surface area (Å²) < 4.78 is 26.4. The smallest absolute Gasteiger partial charge is 0.256 e. The molecule has 1 aliphatic heterocycles. The van der Waals surface area contributed by atoms with Crippen LogP contribution in [0.1, 0.15) is 28.8 Å². The molecule has 1 N–H and O–H groups in total. The van der Waals surface area contributed by atoms with Crippen molar-refractivity contribution in [2.75, 3.05) is 18.4 Å². The zero-order valence-corrected chi connectivity index (χ0v) is 14.2. The molecule has 7 heteroatoms. The number of amides is 1. The molecule has 126 valence electrons. The standard InChI is InChI=1S/C17H19N3O3S/c1-13-4-9-16(18-12-13)19-17(21)14-5-7-15(8-6-14)24(22,23)20-10-2-3-11-20/h4-9,12H,2-3,10-11H2,1H3,(H,18,19,21). The van der Waals surface area contributed by atoms with Crippen LogP contribution in [0.25, 0.3) is 0 Å². The first kappa shape index (κ1) is 16.6. The van der Waals surface area contributed by atoms with E-state index >= 15 is 0 Å². The maximum Gasteiger partial charge on any atom is 0.256 e. The third kappa shape index (κ3) is 3.47. The highest BCUT2D eigenvalue weighted by molar-refractivity contribution is 7.89. The molecular formula is C17H19N3O3S. The van der Waals surface area contributed by atoms with Crippen molar-refractivity contribution in [3.05, 3.63) is 53.7 Å². The second-order valence-electron chi connectivity index (χ2n) is 5.81. The molecule has 2 aromatic rings. The first-order valence-electron chi connectivity index (χ1n) is 7.81. The molecule has 2 heterocycles. The molecule has 0 saturated carbocycles. The molecule has 3 rings (SSSR count). The molecule has 0 spiro atoms. The monoisotopic (exact) mass is 345 g/mol. The van der Waals surface area contributed by atoms with Gasteiger partial charge in [0.05, 0.1) is 4.90 Å². The van der Waals surface area contributed by atoms with Gasteiger partial charge in [-0.3, -0.25) is 4.79 Å². The molecule has 1 amide bonds. The third-order valence-electron chi connectivity index (χ3n) is 3.97. The summed E-state index contributed by atoms with van der Waals surface area (Å²) in [5.74, 6) is 0.135. The second-order valence-corrected chi connectivity index (χ2v) is 7.75. The van der Waals surface area contributed by atoms with Gasteiger partial charge in [0.15, 0.2) is 0 Å². The summed E-state index contributed by atoms with van der Waals surface area (Å²) in [7, 11) is -3.46. The van der Waals surface area contributed by atoms with Crippen LogP contribution in [0.15, 0.2) is 47.5 Å². The average molecular weight is 345 g/mol. The minimum absolute atomic E-state index is 0.217. The number of hydrogen-bond donors (Lipinski definition) is 1. The molecule has 24 heavy (non-hydrogen) atoms. The van der Waals surface area contributed by atoms with E-state index in [1.165, 1.54) is 28.6 Å². The Bertz CT molecular complexity index is 824. The number of nitrogens with one attached hydrogen (secondary N) is 1. The number of pyridine rings is 1. The predicted octanol–water partition coefficient (Wildman–Crippen LogP) is 2.43. The van der Waals surface area contributed by atoms with E-state index in [9.17, 15) is 13.2 Å². The number of carbonyl (C=O) groups is 1. The van der Waals surface area contributed by atoms with Gasteiger partial charge in [-0.05, 0) is 55.7 Å². The van der Waals surface area contributed by atoms with Crippen LogP contribution >= 0.6 is 0 Å². The lowest BCUT2D eigenvalue weighted by Gasteiger charge is -2.15. The van der Waals surface area contributed by atoms with Gasteiger partial charge in [-0.1, -0.05) is 6.07 Å². The first-order chi connectivity index (χ1) is 11.5. The summed E-state index contributed by atoms with van der Waals surface area (Å²) in [6, 6.07) is 9.57. The SMILES string of the molecule is Cc1ccc(NC(=O)c2ccc(S(=O)(=O)N3CCCC3)cc2)nc1. The summed E-state index contributed by atoms with van der Waals surface area (Å²) >= 11 is 0. The first-order valence-corrected chi connectivity index (χ1v) is 9.25. The van der Waals surface area contributed by atoms with Gasteiger partial charge in [-0.2, -0.15) is 4.31 Å². The van der Waals surface area contributed by atoms with Crippen molar-refractivity contribution in [3.8, 4) is 0 Å². The van der Waals surface area contributed by atoms with E-state index in [-0.39, 0.29) is 10.8 Å². The van der Waals surface area contributed by atoms with Crippen molar-refractivity contribution in [3.63, 3.8) is 0 Å². The normalized spacial score (nSPS) is 15.4.